The molecule has 5 nitrogen and oxygen atoms in total. The quantitative estimate of drug-likeness (QED) is 0.737. The number of ether oxygens (including phenoxy) is 1. The van der Waals surface area contributed by atoms with Gasteiger partial charge in [-0.2, -0.15) is 13.2 Å². The van der Waals surface area contributed by atoms with Gasteiger partial charge in [-0.15, -0.1) is 0 Å². The van der Waals surface area contributed by atoms with Crippen molar-refractivity contribution in [1.29, 1.82) is 0 Å². The molecule has 1 heterocycles. The monoisotopic (exact) mass is 287 g/mol. The van der Waals surface area contributed by atoms with Gasteiger partial charge in [0, 0.05) is 12.3 Å². The Morgan fingerprint density at radius 3 is 2.44 bits per heavy atom. The molecule has 18 heavy (non-hydrogen) atoms. The lowest BCUT2D eigenvalue weighted by Crippen LogP contribution is -2.36. The summed E-state index contributed by atoms with van der Waals surface area (Å²) in [5.74, 6) is -2.00. The molecule has 1 aliphatic rings. The van der Waals surface area contributed by atoms with Gasteiger partial charge in [0.25, 0.3) is 0 Å². The summed E-state index contributed by atoms with van der Waals surface area (Å²) in [6, 6.07) is 0. The predicted molar refractivity (Wildman–Crippen MR) is 57.1 cm³/mol. The van der Waals surface area contributed by atoms with Crippen LogP contribution in [-0.4, -0.2) is 47.0 Å². The molecule has 1 rings (SSSR count). The van der Waals surface area contributed by atoms with E-state index < -0.39 is 29.6 Å². The normalized spacial score (nSPS) is 23.9. The molecule has 1 saturated heterocycles. The first-order valence-corrected chi connectivity index (χ1v) is 6.15. The van der Waals surface area contributed by atoms with Crippen LogP contribution in [-0.2, 0) is 14.3 Å². The van der Waals surface area contributed by atoms with Crippen LogP contribution in [0.3, 0.4) is 0 Å². The molecular formula is C9H12F3NO4S. The lowest BCUT2D eigenvalue weighted by Gasteiger charge is -2.12. The maximum atomic E-state index is 11.8. The van der Waals surface area contributed by atoms with E-state index >= 15 is 0 Å². The molecule has 0 radical (unpaired) electrons. The zero-order chi connectivity index (χ0) is 13.8. The van der Waals surface area contributed by atoms with Crippen LogP contribution in [0.4, 0.5) is 13.2 Å². The van der Waals surface area contributed by atoms with Crippen LogP contribution >= 0.6 is 11.8 Å². The van der Waals surface area contributed by atoms with Gasteiger partial charge in [-0.05, 0) is 24.6 Å². The van der Waals surface area contributed by atoms with E-state index in [0.29, 0.717) is 0 Å². The number of thioether (sulfide) groups is 1. The molecule has 9 heteroatoms. The number of aliphatic carboxylic acids is 1. The van der Waals surface area contributed by atoms with E-state index in [1.807, 2.05) is 0 Å². The van der Waals surface area contributed by atoms with E-state index in [2.05, 4.69) is 5.32 Å². The molecule has 1 fully saturated rings. The van der Waals surface area contributed by atoms with Crippen LogP contribution in [0.2, 0.25) is 0 Å². The van der Waals surface area contributed by atoms with Gasteiger partial charge in [-0.25, -0.2) is 4.79 Å². The third-order valence-electron chi connectivity index (χ3n) is 2.25. The summed E-state index contributed by atoms with van der Waals surface area (Å²) in [7, 11) is 0. The van der Waals surface area contributed by atoms with E-state index in [1.54, 1.807) is 0 Å². The number of carbonyl (C=O) groups excluding carboxylic acids is 1. The highest BCUT2D eigenvalue weighted by Crippen LogP contribution is 2.29. The summed E-state index contributed by atoms with van der Waals surface area (Å²) < 4.78 is 40.3. The fraction of sp³-hybridized carbons (Fsp3) is 0.778. The van der Waals surface area contributed by atoms with E-state index in [4.69, 9.17) is 9.84 Å². The summed E-state index contributed by atoms with van der Waals surface area (Å²) in [5.41, 5.74) is -4.32. The summed E-state index contributed by atoms with van der Waals surface area (Å²) >= 11 is -0.226. The first-order chi connectivity index (χ1) is 8.29. The van der Waals surface area contributed by atoms with Crippen LogP contribution in [0.5, 0.6) is 0 Å². The number of carbonyl (C=O) groups is 2. The minimum atomic E-state index is -4.32. The average Bonchev–Trinajstić information content (AvgIpc) is 2.72. The Morgan fingerprint density at radius 1 is 1.33 bits per heavy atom. The number of alkyl halides is 3. The highest BCUT2D eigenvalue weighted by molar-refractivity contribution is 8.00. The van der Waals surface area contributed by atoms with Crippen LogP contribution in [0.1, 0.15) is 12.8 Å². The maximum absolute atomic E-state index is 11.8. The zero-order valence-electron chi connectivity index (χ0n) is 9.20. The van der Waals surface area contributed by atoms with Gasteiger partial charge < -0.3 is 15.2 Å². The number of nitrogens with one attached hydrogen (secondary N) is 1. The summed E-state index contributed by atoms with van der Waals surface area (Å²) in [6.07, 6.45) is -1.41. The van der Waals surface area contributed by atoms with Crippen molar-refractivity contribution in [1.82, 2.24) is 5.32 Å². The first-order valence-electron chi connectivity index (χ1n) is 5.16. The topological polar surface area (TPSA) is 75.6 Å². The van der Waals surface area contributed by atoms with Gasteiger partial charge >= 0.3 is 11.5 Å². The molecule has 0 spiro atoms. The summed E-state index contributed by atoms with van der Waals surface area (Å²) in [4.78, 5) is 22.0. The molecule has 0 aromatic rings. The first kappa shape index (κ1) is 15.1. The number of hydrogen-bond donors (Lipinski definition) is 2. The molecule has 1 amide bonds. The minimum absolute atomic E-state index is 0.138. The number of carboxylic acid groups (broad SMARTS) is 1. The number of amides is 1. The number of carboxylic acids is 1. The minimum Gasteiger partial charge on any atom is -0.479 e. The van der Waals surface area contributed by atoms with Crippen molar-refractivity contribution >= 4 is 23.6 Å². The second kappa shape index (κ2) is 6.28. The second-order valence-electron chi connectivity index (χ2n) is 3.61. The molecular weight excluding hydrogens is 275 g/mol. The van der Waals surface area contributed by atoms with Gasteiger partial charge in [0.15, 0.2) is 6.10 Å². The molecule has 1 aliphatic heterocycles. The van der Waals surface area contributed by atoms with Crippen molar-refractivity contribution in [3.63, 3.8) is 0 Å². The Balaban J connectivity index is 2.20. The van der Waals surface area contributed by atoms with E-state index in [1.165, 1.54) is 0 Å². The average molecular weight is 287 g/mol. The van der Waals surface area contributed by atoms with E-state index in [9.17, 15) is 22.8 Å². The Hall–Kier alpha value is -0.960. The van der Waals surface area contributed by atoms with Crippen molar-refractivity contribution in [3.8, 4) is 0 Å². The number of rotatable bonds is 5. The molecule has 0 saturated carbocycles. The maximum Gasteiger partial charge on any atom is 0.441 e. The zero-order valence-corrected chi connectivity index (χ0v) is 10.0. The predicted octanol–water partition coefficient (Wildman–Crippen LogP) is 0.988. The Labute approximate surface area is 105 Å². The van der Waals surface area contributed by atoms with Crippen LogP contribution in [0.15, 0.2) is 0 Å². The Morgan fingerprint density at radius 2 is 1.94 bits per heavy atom. The summed E-state index contributed by atoms with van der Waals surface area (Å²) in [6.45, 7) is -0.138. The van der Waals surface area contributed by atoms with Crippen LogP contribution in [0, 0.1) is 0 Å². The smallest absolute Gasteiger partial charge is 0.441 e. The van der Waals surface area contributed by atoms with Gasteiger partial charge in [-0.1, -0.05) is 0 Å². The molecule has 0 aromatic carbocycles. The molecule has 0 unspecified atom stereocenters. The number of halogens is 3. The summed E-state index contributed by atoms with van der Waals surface area (Å²) in [5, 5.41) is 10.9. The van der Waals surface area contributed by atoms with Gasteiger partial charge in [0.2, 0.25) is 5.91 Å². The van der Waals surface area contributed by atoms with Crippen molar-refractivity contribution in [2.75, 3.05) is 12.3 Å². The van der Waals surface area contributed by atoms with Gasteiger partial charge in [0.1, 0.15) is 6.10 Å². The van der Waals surface area contributed by atoms with E-state index in [0.717, 1.165) is 0 Å². The van der Waals surface area contributed by atoms with E-state index in [-0.39, 0.29) is 36.9 Å². The lowest BCUT2D eigenvalue weighted by atomic mass is 10.2. The Kier molecular flexibility index (Phi) is 5.27. The van der Waals surface area contributed by atoms with Crippen molar-refractivity contribution in [3.05, 3.63) is 0 Å². The fourth-order valence-corrected chi connectivity index (χ4v) is 1.90. The molecule has 0 bridgehead atoms. The molecule has 104 valence electrons. The fourth-order valence-electron chi connectivity index (χ4n) is 1.47. The van der Waals surface area contributed by atoms with Crippen molar-refractivity contribution in [2.24, 2.45) is 0 Å². The van der Waals surface area contributed by atoms with Crippen LogP contribution < -0.4 is 5.32 Å². The van der Waals surface area contributed by atoms with Gasteiger partial charge in [-0.3, -0.25) is 4.79 Å². The largest absolute Gasteiger partial charge is 0.479 e. The lowest BCUT2D eigenvalue weighted by molar-refractivity contribution is -0.151. The highest BCUT2D eigenvalue weighted by atomic mass is 32.2. The molecule has 0 aliphatic carbocycles. The molecule has 0 aromatic heterocycles. The molecule has 2 N–H and O–H groups in total. The SMILES string of the molecule is O=C(NCCSC(F)(F)F)[C@@H]1CC[C@H](C(=O)O)O1. The third kappa shape index (κ3) is 5.13. The third-order valence-corrected chi connectivity index (χ3v) is 2.99. The second-order valence-corrected chi connectivity index (χ2v) is 4.77. The highest BCUT2D eigenvalue weighted by Gasteiger charge is 2.34. The Bertz CT molecular complexity index is 323. The van der Waals surface area contributed by atoms with Crippen LogP contribution in [0.25, 0.3) is 0 Å². The van der Waals surface area contributed by atoms with Gasteiger partial charge in [0.05, 0.1) is 0 Å². The molecule has 2 atom stereocenters. The standard InChI is InChI=1S/C9H12F3NO4S/c10-9(11,12)18-4-3-13-7(14)5-1-2-6(17-5)8(15)16/h5-6H,1-4H2,(H,13,14)(H,15,16)/t5-,6+/m0/s1. The van der Waals surface area contributed by atoms with Crippen molar-refractivity contribution in [2.45, 2.75) is 30.6 Å². The van der Waals surface area contributed by atoms with Crippen molar-refractivity contribution < 1.29 is 32.6 Å². The number of hydrogen-bond acceptors (Lipinski definition) is 4.